The van der Waals surface area contributed by atoms with Crippen LogP contribution in [0.3, 0.4) is 0 Å². The molecule has 96 valence electrons. The Morgan fingerprint density at radius 3 is 1.44 bits per heavy atom. The van der Waals surface area contributed by atoms with Crippen molar-refractivity contribution in [3.63, 3.8) is 0 Å². The molecule has 0 aromatic carbocycles. The van der Waals surface area contributed by atoms with E-state index in [0.29, 0.717) is 0 Å². The molecule has 0 aliphatic heterocycles. The minimum atomic E-state index is -1.07. The summed E-state index contributed by atoms with van der Waals surface area (Å²) in [5.74, 6) is -1.68. The first-order valence-electron chi connectivity index (χ1n) is 3.80. The van der Waals surface area contributed by atoms with Gasteiger partial charge in [0, 0.05) is 48.7 Å². The van der Waals surface area contributed by atoms with Crippen LogP contribution in [0.5, 0.6) is 0 Å². The van der Waals surface area contributed by atoms with Crippen molar-refractivity contribution >= 4 is 70.8 Å². The molecule has 0 saturated carbocycles. The van der Waals surface area contributed by atoms with E-state index in [1.54, 1.807) is 0 Å². The van der Waals surface area contributed by atoms with Crippen LogP contribution >= 0.6 is 58.8 Å². The Hall–Kier alpha value is 1.02. The molecule has 0 bridgehead atoms. The number of nitrogens with two attached hydrogens (primary N) is 2. The summed E-state index contributed by atoms with van der Waals surface area (Å²) in [6.07, 6.45) is 0. The number of hydrogen-bond acceptors (Lipinski definition) is 6. The Kier molecular flexibility index (Phi) is 15.1. The van der Waals surface area contributed by atoms with Crippen molar-refractivity contribution in [1.29, 1.82) is 0 Å². The number of aliphatic carboxylic acids is 2. The maximum absolute atomic E-state index is 10.3. The molecule has 0 amide bonds. The summed E-state index contributed by atoms with van der Waals surface area (Å²) in [7, 11) is 2.41. The van der Waals surface area contributed by atoms with Crippen molar-refractivity contribution in [2.45, 2.75) is 12.1 Å². The number of carboxylic acid groups (broad SMARTS) is 2. The smallest absolute Gasteiger partial charge is 0.321 e. The molecule has 0 aliphatic rings. The van der Waals surface area contributed by atoms with E-state index in [-0.39, 0.29) is 11.5 Å². The van der Waals surface area contributed by atoms with Gasteiger partial charge in [0.2, 0.25) is 0 Å². The largest absolute Gasteiger partial charge is 0.480 e. The third-order valence-electron chi connectivity index (χ3n) is 1.21. The molecule has 0 saturated heterocycles. The van der Waals surface area contributed by atoms with Gasteiger partial charge in [-0.1, -0.05) is 21.6 Å². The predicted octanol–water partition coefficient (Wildman–Crippen LogP) is 0.963. The van der Waals surface area contributed by atoms with Gasteiger partial charge in [-0.2, -0.15) is 0 Å². The van der Waals surface area contributed by atoms with Crippen LogP contribution in [0.2, 0.25) is 0 Å². The molecule has 0 heterocycles. The molecule has 10 heteroatoms. The molecular formula is C6H12I2N2O4S2. The number of hydrogen-bond donors (Lipinski definition) is 4. The minimum absolute atomic E-state index is 0.229. The topological polar surface area (TPSA) is 127 Å². The molecule has 2 unspecified atom stereocenters. The van der Waals surface area contributed by atoms with Gasteiger partial charge in [0.05, 0.1) is 0 Å². The molecule has 2 atom stereocenters. The molecule has 6 nitrogen and oxygen atoms in total. The van der Waals surface area contributed by atoms with Gasteiger partial charge in [0.25, 0.3) is 0 Å². The highest BCUT2D eigenvalue weighted by molar-refractivity contribution is 15.0. The van der Waals surface area contributed by atoms with Crippen molar-refractivity contribution in [3.05, 3.63) is 0 Å². The van der Waals surface area contributed by atoms with Gasteiger partial charge in [0.1, 0.15) is 12.1 Å². The van der Waals surface area contributed by atoms with E-state index in [9.17, 15) is 9.59 Å². The molecule has 16 heavy (non-hydrogen) atoms. The quantitative estimate of drug-likeness (QED) is 0.235. The Balaban J connectivity index is 0. The van der Waals surface area contributed by atoms with Gasteiger partial charge in [-0.15, -0.1) is 0 Å². The number of carboxylic acids is 2. The molecule has 0 fully saturated rings. The molecule has 0 radical (unpaired) electrons. The van der Waals surface area contributed by atoms with E-state index < -0.39 is 24.0 Å². The third-order valence-corrected chi connectivity index (χ3v) is 3.69. The summed E-state index contributed by atoms with van der Waals surface area (Å²) in [4.78, 5) is 20.5. The molecule has 6 N–H and O–H groups in total. The van der Waals surface area contributed by atoms with E-state index in [1.807, 2.05) is 0 Å². The van der Waals surface area contributed by atoms with E-state index in [2.05, 4.69) is 37.2 Å². The Bertz CT molecular complexity index is 201. The normalized spacial score (nSPS) is 13.2. The van der Waals surface area contributed by atoms with Crippen LogP contribution in [-0.4, -0.2) is 45.7 Å². The second kappa shape index (κ2) is 12.5. The van der Waals surface area contributed by atoms with Crippen LogP contribution < -0.4 is 11.5 Å². The molecule has 0 rings (SSSR count). The monoisotopic (exact) mass is 494 g/mol. The van der Waals surface area contributed by atoms with E-state index in [1.165, 1.54) is 21.6 Å². The Morgan fingerprint density at radius 1 is 1.00 bits per heavy atom. The summed E-state index contributed by atoms with van der Waals surface area (Å²) in [5, 5.41) is 16.8. The van der Waals surface area contributed by atoms with Gasteiger partial charge in [-0.3, -0.25) is 9.59 Å². The number of rotatable bonds is 7. The van der Waals surface area contributed by atoms with Crippen molar-refractivity contribution in [3.8, 4) is 0 Å². The Labute approximate surface area is 124 Å². The molecule has 0 spiro atoms. The fourth-order valence-corrected chi connectivity index (χ4v) is 2.61. The second-order valence-electron chi connectivity index (χ2n) is 2.46. The molecule has 0 aromatic rings. The van der Waals surface area contributed by atoms with Crippen LogP contribution in [0.1, 0.15) is 0 Å². The van der Waals surface area contributed by atoms with Crippen LogP contribution in [0.4, 0.5) is 0 Å². The molecule has 0 aliphatic carbocycles. The van der Waals surface area contributed by atoms with Crippen LogP contribution in [-0.2, 0) is 9.59 Å². The van der Waals surface area contributed by atoms with Crippen molar-refractivity contribution < 1.29 is 19.8 Å². The van der Waals surface area contributed by atoms with Crippen LogP contribution in [0.15, 0.2) is 0 Å². The number of carbonyl (C=O) groups is 2. The molecular weight excluding hydrogens is 482 g/mol. The second-order valence-corrected chi connectivity index (χ2v) is 5.01. The highest BCUT2D eigenvalue weighted by Gasteiger charge is 2.14. The average molecular weight is 494 g/mol. The fourth-order valence-electron chi connectivity index (χ4n) is 0.385. The summed E-state index contributed by atoms with van der Waals surface area (Å²) in [6, 6.07) is -1.85. The van der Waals surface area contributed by atoms with Crippen LogP contribution in [0.25, 0.3) is 0 Å². The summed E-state index contributed by atoms with van der Waals surface area (Å²) >= 11 is 4.24. The summed E-state index contributed by atoms with van der Waals surface area (Å²) < 4.78 is 0. The average Bonchev–Trinajstić information content (AvgIpc) is 2.26. The van der Waals surface area contributed by atoms with E-state index in [0.717, 1.165) is 0 Å². The van der Waals surface area contributed by atoms with Gasteiger partial charge >= 0.3 is 11.9 Å². The maximum Gasteiger partial charge on any atom is 0.321 e. The predicted molar refractivity (Wildman–Crippen MR) is 84.2 cm³/mol. The van der Waals surface area contributed by atoms with Gasteiger partial charge in [0.15, 0.2) is 0 Å². The highest BCUT2D eigenvalue weighted by atomic mass is 128. The summed E-state index contributed by atoms with van der Waals surface area (Å²) in [5.41, 5.74) is 10.4. The highest BCUT2D eigenvalue weighted by Crippen LogP contribution is 2.22. The van der Waals surface area contributed by atoms with Gasteiger partial charge in [-0.25, -0.2) is 0 Å². The van der Waals surface area contributed by atoms with Gasteiger partial charge < -0.3 is 21.7 Å². The maximum atomic E-state index is 10.3. The van der Waals surface area contributed by atoms with E-state index in [4.69, 9.17) is 21.7 Å². The lowest BCUT2D eigenvalue weighted by Crippen LogP contribution is -2.33. The first kappa shape index (κ1) is 19.4. The lowest BCUT2D eigenvalue weighted by molar-refractivity contribution is -0.138. The van der Waals surface area contributed by atoms with Crippen molar-refractivity contribution in [2.24, 2.45) is 11.5 Å². The minimum Gasteiger partial charge on any atom is -0.480 e. The fraction of sp³-hybridized carbons (Fsp3) is 0.667. The lowest BCUT2D eigenvalue weighted by Gasteiger charge is -2.07. The zero-order valence-electron chi connectivity index (χ0n) is 8.01. The first-order chi connectivity index (χ1) is 7.45. The van der Waals surface area contributed by atoms with Gasteiger partial charge in [-0.05, 0) is 0 Å². The van der Waals surface area contributed by atoms with Crippen LogP contribution in [0, 0.1) is 0 Å². The van der Waals surface area contributed by atoms with E-state index >= 15 is 0 Å². The Morgan fingerprint density at radius 2 is 1.25 bits per heavy atom. The van der Waals surface area contributed by atoms with Crippen molar-refractivity contribution in [1.82, 2.24) is 0 Å². The first-order valence-corrected chi connectivity index (χ1v) is 12.6. The standard InChI is InChI=1S/C6H12N2O4S2.I2/c7-3(5(9)10)1-13-14-2-4(8)6(11)12;1-2/h3-4H,1-2,7-8H2,(H,9,10)(H,11,12);. The third kappa shape index (κ3) is 11.5. The molecule has 0 aromatic heterocycles. The zero-order chi connectivity index (χ0) is 13.1. The van der Waals surface area contributed by atoms with Crippen molar-refractivity contribution in [2.75, 3.05) is 11.5 Å². The summed E-state index contributed by atoms with van der Waals surface area (Å²) in [6.45, 7) is 0. The SMILES string of the molecule is II.NC(CSSCC(N)C(=O)O)C(=O)O. The lowest BCUT2D eigenvalue weighted by atomic mass is 10.4. The zero-order valence-corrected chi connectivity index (χ0v) is 14.0. The number of halogens is 2.